The van der Waals surface area contributed by atoms with Crippen LogP contribution in [0.5, 0.6) is 11.5 Å². The highest BCUT2D eigenvalue weighted by Crippen LogP contribution is 2.28. The molecule has 162 valence electrons. The summed E-state index contributed by atoms with van der Waals surface area (Å²) in [6.45, 7) is 2.74. The van der Waals surface area contributed by atoms with Gasteiger partial charge in [0.2, 0.25) is 5.91 Å². The fourth-order valence-corrected chi connectivity index (χ4v) is 3.30. The number of nitrogens with zero attached hydrogens (tertiary/aromatic N) is 1. The molecule has 0 spiro atoms. The van der Waals surface area contributed by atoms with Gasteiger partial charge in [-0.1, -0.05) is 18.2 Å². The summed E-state index contributed by atoms with van der Waals surface area (Å²) in [5.41, 5.74) is 2.83. The summed E-state index contributed by atoms with van der Waals surface area (Å²) in [7, 11) is 3.29. The monoisotopic (exact) mass is 419 g/mol. The third kappa shape index (κ3) is 6.47. The number of benzene rings is 2. The summed E-state index contributed by atoms with van der Waals surface area (Å²) < 4.78 is 10.5. The molecular weight excluding hydrogens is 390 g/mol. The Balaban J connectivity index is 1.45. The minimum absolute atomic E-state index is 0.0978. The number of ether oxygens (including phenoxy) is 2. The van der Waals surface area contributed by atoms with Crippen LogP contribution in [-0.2, 0) is 4.79 Å². The van der Waals surface area contributed by atoms with Crippen LogP contribution in [0.1, 0.15) is 25.3 Å². The van der Waals surface area contributed by atoms with Crippen LogP contribution in [0.3, 0.4) is 0 Å². The quantitative estimate of drug-likeness (QED) is 0.369. The number of carbonyl (C=O) groups is 1. The Morgan fingerprint density at radius 2 is 1.87 bits per heavy atom. The Morgan fingerprint density at radius 1 is 1.10 bits per heavy atom. The molecule has 0 aliphatic carbocycles. The summed E-state index contributed by atoms with van der Waals surface area (Å²) >= 11 is 0. The number of pyridine rings is 1. The number of anilines is 1. The largest absolute Gasteiger partial charge is 0.497 e. The van der Waals surface area contributed by atoms with Gasteiger partial charge in [-0.2, -0.15) is 0 Å². The van der Waals surface area contributed by atoms with Gasteiger partial charge in [-0.25, -0.2) is 0 Å². The second kappa shape index (κ2) is 11.0. The SMILES string of the molecule is COc1ccc(/C=C/C(=O)NCCCC(C)Nc2cc(OC)cc3cccnc23)cc1. The molecule has 31 heavy (non-hydrogen) atoms. The van der Waals surface area contributed by atoms with Crippen molar-refractivity contribution in [3.05, 3.63) is 66.4 Å². The fraction of sp³-hybridized carbons (Fsp3) is 0.280. The lowest BCUT2D eigenvalue weighted by Crippen LogP contribution is -2.24. The lowest BCUT2D eigenvalue weighted by molar-refractivity contribution is -0.116. The van der Waals surface area contributed by atoms with Crippen molar-refractivity contribution in [3.8, 4) is 11.5 Å². The maximum absolute atomic E-state index is 12.0. The molecule has 0 aliphatic rings. The normalized spacial score (nSPS) is 12.0. The Labute approximate surface area is 183 Å². The number of nitrogens with one attached hydrogen (secondary N) is 2. The van der Waals surface area contributed by atoms with E-state index in [9.17, 15) is 4.79 Å². The van der Waals surface area contributed by atoms with Crippen molar-refractivity contribution in [1.29, 1.82) is 0 Å². The third-order valence-corrected chi connectivity index (χ3v) is 4.97. The second-order valence-corrected chi connectivity index (χ2v) is 7.34. The van der Waals surface area contributed by atoms with Crippen molar-refractivity contribution in [1.82, 2.24) is 10.3 Å². The minimum atomic E-state index is -0.0978. The van der Waals surface area contributed by atoms with Gasteiger partial charge in [-0.15, -0.1) is 0 Å². The van der Waals surface area contributed by atoms with E-state index in [4.69, 9.17) is 9.47 Å². The van der Waals surface area contributed by atoms with E-state index in [1.807, 2.05) is 48.5 Å². The van der Waals surface area contributed by atoms with Crippen molar-refractivity contribution in [2.45, 2.75) is 25.8 Å². The maximum atomic E-state index is 12.0. The summed E-state index contributed by atoms with van der Waals surface area (Å²) in [5, 5.41) is 7.49. The van der Waals surface area contributed by atoms with E-state index in [2.05, 4.69) is 22.5 Å². The fourth-order valence-electron chi connectivity index (χ4n) is 3.30. The molecule has 6 heteroatoms. The van der Waals surface area contributed by atoms with Crippen molar-refractivity contribution in [2.24, 2.45) is 0 Å². The topological polar surface area (TPSA) is 72.5 Å². The van der Waals surface area contributed by atoms with E-state index < -0.39 is 0 Å². The molecule has 0 radical (unpaired) electrons. The lowest BCUT2D eigenvalue weighted by Gasteiger charge is -2.17. The van der Waals surface area contributed by atoms with E-state index in [0.29, 0.717) is 6.54 Å². The van der Waals surface area contributed by atoms with Gasteiger partial charge in [-0.3, -0.25) is 9.78 Å². The van der Waals surface area contributed by atoms with Gasteiger partial charge in [-0.05, 0) is 55.7 Å². The van der Waals surface area contributed by atoms with Gasteiger partial charge in [0.25, 0.3) is 0 Å². The molecule has 0 bridgehead atoms. The Hall–Kier alpha value is -3.54. The molecule has 1 atom stereocenters. The first kappa shape index (κ1) is 22.2. The number of aromatic nitrogens is 1. The van der Waals surface area contributed by atoms with Crippen molar-refractivity contribution in [2.75, 3.05) is 26.1 Å². The summed E-state index contributed by atoms with van der Waals surface area (Å²) in [6, 6.07) is 15.7. The zero-order valence-electron chi connectivity index (χ0n) is 18.2. The molecule has 1 aromatic heterocycles. The summed E-state index contributed by atoms with van der Waals surface area (Å²) in [5.74, 6) is 1.49. The standard InChI is InChI=1S/C25H29N3O3/c1-18(28-23-17-22(31-3)16-20-7-5-15-27-25(20)23)6-4-14-26-24(29)13-10-19-8-11-21(30-2)12-9-19/h5,7-13,15-18,28H,4,6,14H2,1-3H3,(H,26,29)/b13-10+. The molecule has 0 saturated heterocycles. The van der Waals surface area contributed by atoms with Crippen LogP contribution in [0.25, 0.3) is 17.0 Å². The average Bonchev–Trinajstić information content (AvgIpc) is 2.80. The average molecular weight is 420 g/mol. The van der Waals surface area contributed by atoms with Gasteiger partial charge in [0.05, 0.1) is 25.4 Å². The van der Waals surface area contributed by atoms with E-state index in [-0.39, 0.29) is 11.9 Å². The molecule has 1 unspecified atom stereocenters. The molecule has 0 saturated carbocycles. The minimum Gasteiger partial charge on any atom is -0.497 e. The molecule has 3 aromatic rings. The summed E-state index contributed by atoms with van der Waals surface area (Å²) in [6.07, 6.45) is 6.91. The first-order chi connectivity index (χ1) is 15.1. The van der Waals surface area contributed by atoms with Gasteiger partial charge >= 0.3 is 0 Å². The van der Waals surface area contributed by atoms with Crippen LogP contribution in [0.15, 0.2) is 60.8 Å². The Kier molecular flexibility index (Phi) is 7.87. The van der Waals surface area contributed by atoms with Crippen LogP contribution in [-0.4, -0.2) is 37.7 Å². The van der Waals surface area contributed by atoms with Crippen molar-refractivity contribution >= 4 is 28.6 Å². The Bertz CT molecular complexity index is 1030. The number of hydrogen-bond acceptors (Lipinski definition) is 5. The van der Waals surface area contributed by atoms with E-state index in [1.165, 1.54) is 0 Å². The maximum Gasteiger partial charge on any atom is 0.243 e. The molecule has 1 heterocycles. The molecule has 6 nitrogen and oxygen atoms in total. The summed E-state index contributed by atoms with van der Waals surface area (Å²) in [4.78, 5) is 16.5. The number of fused-ring (bicyclic) bond motifs is 1. The predicted molar refractivity (Wildman–Crippen MR) is 126 cm³/mol. The first-order valence-electron chi connectivity index (χ1n) is 10.4. The van der Waals surface area contributed by atoms with E-state index in [1.54, 1.807) is 32.6 Å². The van der Waals surface area contributed by atoms with E-state index >= 15 is 0 Å². The number of carbonyl (C=O) groups excluding carboxylic acids is 1. The number of amides is 1. The highest BCUT2D eigenvalue weighted by molar-refractivity contribution is 5.92. The van der Waals surface area contributed by atoms with Gasteiger partial charge in [0.1, 0.15) is 11.5 Å². The molecule has 3 rings (SSSR count). The van der Waals surface area contributed by atoms with Crippen molar-refractivity contribution in [3.63, 3.8) is 0 Å². The molecule has 2 aromatic carbocycles. The van der Waals surface area contributed by atoms with Crippen LogP contribution >= 0.6 is 0 Å². The highest BCUT2D eigenvalue weighted by Gasteiger charge is 2.09. The molecule has 0 fully saturated rings. The lowest BCUT2D eigenvalue weighted by atomic mass is 10.1. The van der Waals surface area contributed by atoms with Crippen LogP contribution in [0.2, 0.25) is 0 Å². The first-order valence-corrected chi connectivity index (χ1v) is 10.4. The molecule has 0 aliphatic heterocycles. The van der Waals surface area contributed by atoms with Gasteiger partial charge < -0.3 is 20.1 Å². The van der Waals surface area contributed by atoms with Crippen LogP contribution in [0, 0.1) is 0 Å². The number of methoxy groups -OCH3 is 2. The third-order valence-electron chi connectivity index (χ3n) is 4.97. The van der Waals surface area contributed by atoms with E-state index in [0.717, 1.165) is 46.5 Å². The molecule has 2 N–H and O–H groups in total. The molecule has 1 amide bonds. The second-order valence-electron chi connectivity index (χ2n) is 7.34. The van der Waals surface area contributed by atoms with Gasteiger partial charge in [0, 0.05) is 36.3 Å². The highest BCUT2D eigenvalue weighted by atomic mass is 16.5. The molecular formula is C25H29N3O3. The van der Waals surface area contributed by atoms with Gasteiger partial charge in [0.15, 0.2) is 0 Å². The zero-order chi connectivity index (χ0) is 22.1. The smallest absolute Gasteiger partial charge is 0.243 e. The zero-order valence-corrected chi connectivity index (χ0v) is 18.2. The number of hydrogen-bond donors (Lipinski definition) is 2. The predicted octanol–water partition coefficient (Wildman–Crippen LogP) is 4.66. The van der Waals surface area contributed by atoms with Crippen LogP contribution in [0.4, 0.5) is 5.69 Å². The van der Waals surface area contributed by atoms with Crippen molar-refractivity contribution < 1.29 is 14.3 Å². The number of rotatable bonds is 10. The Morgan fingerprint density at radius 3 is 2.61 bits per heavy atom. The van der Waals surface area contributed by atoms with Crippen LogP contribution < -0.4 is 20.1 Å².